The molecule has 0 spiro atoms. The second kappa shape index (κ2) is 8.89. The lowest BCUT2D eigenvalue weighted by molar-refractivity contribution is 0.415. The van der Waals surface area contributed by atoms with Crippen LogP contribution in [0.4, 0.5) is 8.78 Å². The molecule has 0 fully saturated rings. The zero-order chi connectivity index (χ0) is 19.9. The molecule has 0 aliphatic heterocycles. The van der Waals surface area contributed by atoms with Crippen molar-refractivity contribution in [3.05, 3.63) is 100 Å². The van der Waals surface area contributed by atoms with E-state index in [2.05, 4.69) is 23.7 Å². The summed E-state index contributed by atoms with van der Waals surface area (Å²) in [5.41, 5.74) is 2.77. The van der Waals surface area contributed by atoms with E-state index in [4.69, 9.17) is 4.74 Å². The highest BCUT2D eigenvalue weighted by Gasteiger charge is 2.08. The van der Waals surface area contributed by atoms with E-state index in [0.29, 0.717) is 17.5 Å². The monoisotopic (exact) mass is 372 g/mol. The standard InChI is InChI=1S/C25H18F2O/c1-3-18-16-24(26)23(25(27)17-18)15-12-20-7-4-19(5-8-20)6-9-21-10-13-22(28-2)14-11-21/h4-5,7-8,10-11,13-14,16-17H,3H2,1-2H3. The van der Waals surface area contributed by atoms with Crippen LogP contribution in [0, 0.1) is 35.3 Å². The number of hydrogen-bond acceptors (Lipinski definition) is 1. The molecule has 0 saturated heterocycles. The quantitative estimate of drug-likeness (QED) is 0.552. The highest BCUT2D eigenvalue weighted by molar-refractivity contribution is 5.49. The van der Waals surface area contributed by atoms with Gasteiger partial charge in [0.1, 0.15) is 17.4 Å². The highest BCUT2D eigenvalue weighted by Crippen LogP contribution is 2.15. The largest absolute Gasteiger partial charge is 0.497 e. The van der Waals surface area contributed by atoms with Gasteiger partial charge in [0.15, 0.2) is 0 Å². The molecule has 0 aromatic heterocycles. The number of ether oxygens (including phenoxy) is 1. The number of aryl methyl sites for hydroxylation is 1. The first-order chi connectivity index (χ1) is 13.6. The molecule has 0 saturated carbocycles. The van der Waals surface area contributed by atoms with Crippen LogP contribution in [-0.4, -0.2) is 7.11 Å². The van der Waals surface area contributed by atoms with Crippen molar-refractivity contribution in [2.45, 2.75) is 13.3 Å². The Morgan fingerprint density at radius 2 is 1.14 bits per heavy atom. The van der Waals surface area contributed by atoms with Crippen LogP contribution in [-0.2, 0) is 6.42 Å². The number of methoxy groups -OCH3 is 1. The molecule has 3 aromatic rings. The molecule has 3 rings (SSSR count). The number of benzene rings is 3. The van der Waals surface area contributed by atoms with Gasteiger partial charge in [-0.1, -0.05) is 30.6 Å². The molecule has 0 bridgehead atoms. The third-order valence-electron chi connectivity index (χ3n) is 4.17. The summed E-state index contributed by atoms with van der Waals surface area (Å²) in [5, 5.41) is 0. The first-order valence-electron chi connectivity index (χ1n) is 8.85. The minimum Gasteiger partial charge on any atom is -0.497 e. The van der Waals surface area contributed by atoms with Crippen molar-refractivity contribution in [1.82, 2.24) is 0 Å². The Labute approximate surface area is 164 Å². The van der Waals surface area contributed by atoms with E-state index >= 15 is 0 Å². The summed E-state index contributed by atoms with van der Waals surface area (Å²) < 4.78 is 33.1. The average Bonchev–Trinajstić information content (AvgIpc) is 2.72. The van der Waals surface area contributed by atoms with Gasteiger partial charge in [0.2, 0.25) is 0 Å². The predicted molar refractivity (Wildman–Crippen MR) is 107 cm³/mol. The average molecular weight is 372 g/mol. The Kier molecular flexibility index (Phi) is 6.10. The van der Waals surface area contributed by atoms with E-state index in [1.165, 1.54) is 12.1 Å². The third-order valence-corrected chi connectivity index (χ3v) is 4.17. The minimum absolute atomic E-state index is 0.208. The fourth-order valence-corrected chi connectivity index (χ4v) is 2.54. The molecule has 0 unspecified atom stereocenters. The van der Waals surface area contributed by atoms with E-state index in [-0.39, 0.29) is 5.56 Å². The molecule has 3 aromatic carbocycles. The molecule has 0 aliphatic carbocycles. The van der Waals surface area contributed by atoms with Crippen molar-refractivity contribution < 1.29 is 13.5 Å². The first-order valence-corrected chi connectivity index (χ1v) is 8.85. The zero-order valence-electron chi connectivity index (χ0n) is 15.6. The van der Waals surface area contributed by atoms with Gasteiger partial charge in [-0.3, -0.25) is 0 Å². The normalized spacial score (nSPS) is 9.71. The summed E-state index contributed by atoms with van der Waals surface area (Å²) >= 11 is 0. The fraction of sp³-hybridized carbons (Fsp3) is 0.120. The lowest BCUT2D eigenvalue weighted by atomic mass is 10.1. The molecule has 0 heterocycles. The van der Waals surface area contributed by atoms with Gasteiger partial charge in [-0.05, 0) is 72.6 Å². The second-order valence-electron chi connectivity index (χ2n) is 6.09. The van der Waals surface area contributed by atoms with Crippen LogP contribution in [0.5, 0.6) is 5.75 Å². The Balaban J connectivity index is 1.76. The van der Waals surface area contributed by atoms with Gasteiger partial charge < -0.3 is 4.74 Å². The Morgan fingerprint density at radius 3 is 1.57 bits per heavy atom. The van der Waals surface area contributed by atoms with E-state index in [0.717, 1.165) is 16.9 Å². The second-order valence-corrected chi connectivity index (χ2v) is 6.09. The predicted octanol–water partition coefficient (Wildman–Crippen LogP) is 5.34. The Bertz CT molecular complexity index is 1070. The smallest absolute Gasteiger partial charge is 0.142 e. The van der Waals surface area contributed by atoms with E-state index in [1.54, 1.807) is 19.2 Å². The van der Waals surface area contributed by atoms with Crippen LogP contribution < -0.4 is 4.74 Å². The van der Waals surface area contributed by atoms with Gasteiger partial charge in [-0.2, -0.15) is 0 Å². The fourth-order valence-electron chi connectivity index (χ4n) is 2.54. The molecule has 28 heavy (non-hydrogen) atoms. The summed E-state index contributed by atoms with van der Waals surface area (Å²) in [6.07, 6.45) is 0.570. The van der Waals surface area contributed by atoms with Crippen molar-refractivity contribution in [2.24, 2.45) is 0 Å². The SMILES string of the molecule is CCc1cc(F)c(C#Cc2ccc(C#Cc3ccc(OC)cc3)cc2)c(F)c1. The lowest BCUT2D eigenvalue weighted by Gasteiger charge is -2.01. The maximum atomic E-state index is 14.0. The molecular weight excluding hydrogens is 354 g/mol. The van der Waals surface area contributed by atoms with Gasteiger partial charge in [0.05, 0.1) is 12.7 Å². The Hall–Kier alpha value is -3.56. The summed E-state index contributed by atoms with van der Waals surface area (Å²) in [6, 6.07) is 17.3. The van der Waals surface area contributed by atoms with E-state index in [9.17, 15) is 8.78 Å². The van der Waals surface area contributed by atoms with Gasteiger partial charge in [0, 0.05) is 16.7 Å². The molecule has 0 radical (unpaired) electrons. The number of hydrogen-bond donors (Lipinski definition) is 0. The van der Waals surface area contributed by atoms with Gasteiger partial charge in [0.25, 0.3) is 0 Å². The molecule has 0 amide bonds. The van der Waals surface area contributed by atoms with Crippen molar-refractivity contribution in [3.8, 4) is 29.4 Å². The summed E-state index contributed by atoms with van der Waals surface area (Å²) in [4.78, 5) is 0. The maximum absolute atomic E-state index is 14.0. The van der Waals surface area contributed by atoms with Gasteiger partial charge in [-0.15, -0.1) is 0 Å². The van der Waals surface area contributed by atoms with Gasteiger partial charge in [-0.25, -0.2) is 8.78 Å². The van der Waals surface area contributed by atoms with E-state index in [1.807, 2.05) is 43.3 Å². The summed E-state index contributed by atoms with van der Waals surface area (Å²) in [7, 11) is 1.62. The van der Waals surface area contributed by atoms with Crippen LogP contribution >= 0.6 is 0 Å². The number of halogens is 2. The molecule has 138 valence electrons. The molecule has 0 atom stereocenters. The van der Waals surface area contributed by atoms with Crippen LogP contribution in [0.3, 0.4) is 0 Å². The Morgan fingerprint density at radius 1 is 0.714 bits per heavy atom. The summed E-state index contributed by atoms with van der Waals surface area (Å²) in [6.45, 7) is 1.85. The van der Waals surface area contributed by atoms with Crippen molar-refractivity contribution in [2.75, 3.05) is 7.11 Å². The highest BCUT2D eigenvalue weighted by atomic mass is 19.1. The van der Waals surface area contributed by atoms with Crippen LogP contribution in [0.1, 0.15) is 34.7 Å². The van der Waals surface area contributed by atoms with Crippen LogP contribution in [0.25, 0.3) is 0 Å². The third kappa shape index (κ3) is 4.78. The number of rotatable bonds is 2. The van der Waals surface area contributed by atoms with Crippen LogP contribution in [0.15, 0.2) is 60.7 Å². The summed E-state index contributed by atoms with van der Waals surface area (Å²) in [5.74, 6) is 11.1. The molecule has 1 nitrogen and oxygen atoms in total. The van der Waals surface area contributed by atoms with E-state index < -0.39 is 11.6 Å². The first kappa shape index (κ1) is 19.2. The molecular formula is C25H18F2O. The zero-order valence-corrected chi connectivity index (χ0v) is 15.6. The van der Waals surface area contributed by atoms with Crippen molar-refractivity contribution in [1.29, 1.82) is 0 Å². The lowest BCUT2D eigenvalue weighted by Crippen LogP contribution is -1.93. The maximum Gasteiger partial charge on any atom is 0.142 e. The van der Waals surface area contributed by atoms with Crippen LogP contribution in [0.2, 0.25) is 0 Å². The van der Waals surface area contributed by atoms with Gasteiger partial charge >= 0.3 is 0 Å². The molecule has 3 heteroatoms. The molecule has 0 N–H and O–H groups in total. The topological polar surface area (TPSA) is 9.23 Å². The van der Waals surface area contributed by atoms with Crippen molar-refractivity contribution >= 4 is 0 Å². The van der Waals surface area contributed by atoms with Crippen molar-refractivity contribution in [3.63, 3.8) is 0 Å². The molecule has 0 aliphatic rings. The minimum atomic E-state index is -0.633.